The molecule has 2 N–H and O–H groups in total. The molecule has 0 aliphatic heterocycles. The van der Waals surface area contributed by atoms with E-state index < -0.39 is 9.84 Å². The van der Waals surface area contributed by atoms with Crippen LogP contribution in [0.3, 0.4) is 0 Å². The molecule has 0 aliphatic carbocycles. The van der Waals surface area contributed by atoms with Gasteiger partial charge in [0, 0.05) is 0 Å². The highest BCUT2D eigenvalue weighted by Gasteiger charge is 2.18. The minimum absolute atomic E-state index is 0.0429. The molecule has 0 amide bonds. The van der Waals surface area contributed by atoms with E-state index in [0.29, 0.717) is 5.75 Å². The molecule has 0 atom stereocenters. The first-order valence-electron chi connectivity index (χ1n) is 9.92. The highest BCUT2D eigenvalue weighted by atomic mass is 32.2. The number of aromatic hydroxyl groups is 2. The van der Waals surface area contributed by atoms with Crippen LogP contribution in [0.1, 0.15) is 5.56 Å². The molecule has 0 aromatic heterocycles. The van der Waals surface area contributed by atoms with Crippen molar-refractivity contribution in [3.8, 4) is 39.5 Å². The molecule has 4 rings (SSSR count). The molecule has 4 aromatic carbocycles. The molecular formula is C26H22O5S. The predicted molar refractivity (Wildman–Crippen MR) is 124 cm³/mol. The second kappa shape index (κ2) is 8.40. The van der Waals surface area contributed by atoms with Gasteiger partial charge in [0.15, 0.2) is 11.5 Å². The second-order valence-electron chi connectivity index (χ2n) is 7.44. The van der Waals surface area contributed by atoms with E-state index in [0.717, 1.165) is 27.8 Å². The number of aryl methyl sites for hydroxylation is 1. The fourth-order valence-electron chi connectivity index (χ4n) is 3.48. The lowest BCUT2D eigenvalue weighted by molar-refractivity contribution is 0.373. The lowest BCUT2D eigenvalue weighted by atomic mass is 10.0. The van der Waals surface area contributed by atoms with Crippen LogP contribution in [-0.2, 0) is 9.84 Å². The van der Waals surface area contributed by atoms with Crippen LogP contribution in [0.25, 0.3) is 22.3 Å². The summed E-state index contributed by atoms with van der Waals surface area (Å²) in [4.78, 5) is 0.399. The van der Waals surface area contributed by atoms with E-state index in [4.69, 9.17) is 4.74 Å². The monoisotopic (exact) mass is 446 g/mol. The number of phenols is 2. The van der Waals surface area contributed by atoms with Crippen LogP contribution < -0.4 is 4.74 Å². The second-order valence-corrected chi connectivity index (χ2v) is 9.39. The first-order valence-corrected chi connectivity index (χ1v) is 11.4. The third-order valence-corrected chi connectivity index (χ3v) is 7.16. The minimum Gasteiger partial charge on any atom is -0.508 e. The van der Waals surface area contributed by atoms with Gasteiger partial charge in [0.25, 0.3) is 0 Å². The number of sulfone groups is 1. The lowest BCUT2D eigenvalue weighted by Gasteiger charge is -2.10. The maximum absolute atomic E-state index is 13.1. The lowest BCUT2D eigenvalue weighted by Crippen LogP contribution is -2.01. The minimum atomic E-state index is -3.68. The van der Waals surface area contributed by atoms with E-state index >= 15 is 0 Å². The van der Waals surface area contributed by atoms with Crippen molar-refractivity contribution in [1.29, 1.82) is 0 Å². The molecule has 6 heteroatoms. The van der Waals surface area contributed by atoms with Gasteiger partial charge in [-0.05, 0) is 83.3 Å². The van der Waals surface area contributed by atoms with Crippen molar-refractivity contribution in [1.82, 2.24) is 0 Å². The molecule has 0 unspecified atom stereocenters. The molecule has 32 heavy (non-hydrogen) atoms. The van der Waals surface area contributed by atoms with Crippen LogP contribution in [-0.4, -0.2) is 25.7 Å². The summed E-state index contributed by atoms with van der Waals surface area (Å²) in [5, 5.41) is 19.5. The van der Waals surface area contributed by atoms with Crippen molar-refractivity contribution in [2.45, 2.75) is 16.7 Å². The Labute approximate surface area is 187 Å². The topological polar surface area (TPSA) is 83.8 Å². The van der Waals surface area contributed by atoms with E-state index in [9.17, 15) is 18.6 Å². The van der Waals surface area contributed by atoms with Crippen LogP contribution in [0.4, 0.5) is 0 Å². The van der Waals surface area contributed by atoms with Gasteiger partial charge in [0.2, 0.25) is 9.84 Å². The normalized spacial score (nSPS) is 11.3. The zero-order valence-corrected chi connectivity index (χ0v) is 18.4. The molecule has 0 saturated heterocycles. The van der Waals surface area contributed by atoms with Crippen molar-refractivity contribution in [2.24, 2.45) is 0 Å². The Hall–Kier alpha value is -3.77. The van der Waals surface area contributed by atoms with Crippen molar-refractivity contribution in [3.05, 3.63) is 90.5 Å². The number of ether oxygens (including phenoxy) is 1. The zero-order valence-electron chi connectivity index (χ0n) is 17.6. The fourth-order valence-corrected chi connectivity index (χ4v) is 4.74. The first-order chi connectivity index (χ1) is 15.3. The number of phenolic OH excluding ortho intramolecular Hbond substituents is 2. The van der Waals surface area contributed by atoms with Gasteiger partial charge in [-0.15, -0.1) is 0 Å². The number of hydrogen-bond donors (Lipinski definition) is 2. The molecule has 162 valence electrons. The summed E-state index contributed by atoms with van der Waals surface area (Å²) in [5.41, 5.74) is 4.13. The summed E-state index contributed by atoms with van der Waals surface area (Å²) in [5.74, 6) is 0.617. The number of hydrogen-bond acceptors (Lipinski definition) is 5. The largest absolute Gasteiger partial charge is 0.508 e. The Morgan fingerprint density at radius 1 is 0.625 bits per heavy atom. The maximum atomic E-state index is 13.1. The zero-order chi connectivity index (χ0) is 22.9. The quantitative estimate of drug-likeness (QED) is 0.418. The summed E-state index contributed by atoms with van der Waals surface area (Å²) >= 11 is 0. The number of methoxy groups -OCH3 is 1. The van der Waals surface area contributed by atoms with Gasteiger partial charge in [-0.2, -0.15) is 0 Å². The molecule has 0 aliphatic rings. The Morgan fingerprint density at radius 3 is 1.53 bits per heavy atom. The Balaban J connectivity index is 1.61. The summed E-state index contributed by atoms with van der Waals surface area (Å²) in [6.45, 7) is 1.82. The van der Waals surface area contributed by atoms with E-state index in [1.165, 1.54) is 13.2 Å². The first kappa shape index (κ1) is 21.5. The highest BCUT2D eigenvalue weighted by Crippen LogP contribution is 2.33. The van der Waals surface area contributed by atoms with Gasteiger partial charge in [-0.3, -0.25) is 0 Å². The Morgan fingerprint density at radius 2 is 1.06 bits per heavy atom. The summed E-state index contributed by atoms with van der Waals surface area (Å²) < 4.78 is 31.3. The summed E-state index contributed by atoms with van der Waals surface area (Å²) in [7, 11) is -2.20. The molecule has 0 heterocycles. The SMILES string of the molecule is COc1cc(-c2ccc(S(=O)(=O)c3ccc(-c4ccc(O)c(C)c4)cc3)cc2)ccc1O. The smallest absolute Gasteiger partial charge is 0.206 e. The molecule has 4 aromatic rings. The maximum Gasteiger partial charge on any atom is 0.206 e. The summed E-state index contributed by atoms with van der Waals surface area (Å²) in [6, 6.07) is 23.5. The fraction of sp³-hybridized carbons (Fsp3) is 0.0769. The van der Waals surface area contributed by atoms with Crippen LogP contribution in [0.2, 0.25) is 0 Å². The predicted octanol–water partition coefficient (Wildman–Crippen LogP) is 5.58. The standard InChI is InChI=1S/C26H22O5S/c1-17-15-20(7-13-24(17)27)18-3-9-22(10-4-18)32(29,30)23-11-5-19(6-12-23)21-8-14-25(28)26(16-21)31-2/h3-16,27-28H,1-2H3. The van der Waals surface area contributed by atoms with Crippen LogP contribution in [0.5, 0.6) is 17.2 Å². The van der Waals surface area contributed by atoms with E-state index in [1.807, 2.05) is 13.0 Å². The number of rotatable bonds is 5. The van der Waals surface area contributed by atoms with Crippen molar-refractivity contribution in [3.63, 3.8) is 0 Å². The average Bonchev–Trinajstić information content (AvgIpc) is 2.81. The van der Waals surface area contributed by atoms with Gasteiger partial charge in [0.1, 0.15) is 5.75 Å². The highest BCUT2D eigenvalue weighted by molar-refractivity contribution is 7.91. The van der Waals surface area contributed by atoms with Crippen LogP contribution >= 0.6 is 0 Å². The third-order valence-electron chi connectivity index (χ3n) is 5.37. The molecule has 5 nitrogen and oxygen atoms in total. The summed E-state index contributed by atoms with van der Waals surface area (Å²) in [6.07, 6.45) is 0. The van der Waals surface area contributed by atoms with E-state index in [1.54, 1.807) is 72.8 Å². The van der Waals surface area contributed by atoms with Gasteiger partial charge < -0.3 is 14.9 Å². The molecule has 0 bridgehead atoms. The van der Waals surface area contributed by atoms with Crippen molar-refractivity contribution in [2.75, 3.05) is 7.11 Å². The average molecular weight is 447 g/mol. The van der Waals surface area contributed by atoms with Crippen LogP contribution in [0.15, 0.2) is 94.7 Å². The number of benzene rings is 4. The third kappa shape index (κ3) is 4.05. The Kier molecular flexibility index (Phi) is 5.63. The van der Waals surface area contributed by atoms with Gasteiger partial charge >= 0.3 is 0 Å². The van der Waals surface area contributed by atoms with Gasteiger partial charge in [-0.25, -0.2) is 8.42 Å². The van der Waals surface area contributed by atoms with E-state index in [-0.39, 0.29) is 21.3 Å². The molecule has 0 fully saturated rings. The molecule has 0 spiro atoms. The molecule has 0 saturated carbocycles. The van der Waals surface area contributed by atoms with Crippen molar-refractivity contribution < 1.29 is 23.4 Å². The van der Waals surface area contributed by atoms with E-state index in [2.05, 4.69) is 0 Å². The van der Waals surface area contributed by atoms with Gasteiger partial charge in [-0.1, -0.05) is 36.4 Å². The van der Waals surface area contributed by atoms with Crippen LogP contribution in [0, 0.1) is 6.92 Å². The van der Waals surface area contributed by atoms with Gasteiger partial charge in [0.05, 0.1) is 16.9 Å². The molecule has 0 radical (unpaired) electrons. The Bertz CT molecular complexity index is 1370. The van der Waals surface area contributed by atoms with Crippen molar-refractivity contribution >= 4 is 9.84 Å². The molecular weight excluding hydrogens is 424 g/mol.